The van der Waals surface area contributed by atoms with Gasteiger partial charge in [-0.15, -0.1) is 11.3 Å². The number of carbonyl (C=O) groups excluding carboxylic acids is 2. The number of hydrogen-bond donors (Lipinski definition) is 1. The molecule has 2 bridgehead atoms. The number of rotatable bonds is 3. The molecule has 0 saturated carbocycles. The number of thiazole rings is 1. The van der Waals surface area contributed by atoms with E-state index in [1.54, 1.807) is 6.20 Å². The summed E-state index contributed by atoms with van der Waals surface area (Å²) in [6.07, 6.45) is 6.58. The first-order valence-electron chi connectivity index (χ1n) is 8.35. The molecule has 124 valence electrons. The highest BCUT2D eigenvalue weighted by Gasteiger charge is 2.46. The SMILES string of the molecule is O=C(Nc1nccs1)C1CCN(C(=O)[C@@H]2C[C@@H]3CC[C@H]2O3)CC1. The quantitative estimate of drug-likeness (QED) is 0.916. The molecule has 0 aromatic carbocycles. The average molecular weight is 335 g/mol. The largest absolute Gasteiger partial charge is 0.374 e. The number of nitrogens with one attached hydrogen (secondary N) is 1. The molecule has 7 heteroatoms. The standard InChI is InChI=1S/C16H21N3O3S/c20-14(18-16-17-5-8-23-16)10-3-6-19(7-4-10)15(21)12-9-11-1-2-13(12)22-11/h5,8,10-13H,1-4,6-7,9H2,(H,17,18,20)/t11-,12+,13+/m0/s1. The molecule has 0 aliphatic carbocycles. The molecule has 3 atom stereocenters. The van der Waals surface area contributed by atoms with Gasteiger partial charge in [0.25, 0.3) is 0 Å². The van der Waals surface area contributed by atoms with E-state index in [0.29, 0.717) is 24.3 Å². The van der Waals surface area contributed by atoms with Crippen LogP contribution in [0.15, 0.2) is 11.6 Å². The number of anilines is 1. The maximum atomic E-state index is 12.7. The van der Waals surface area contributed by atoms with Crippen LogP contribution in [0.2, 0.25) is 0 Å². The molecule has 3 aliphatic heterocycles. The van der Waals surface area contributed by atoms with E-state index in [9.17, 15) is 9.59 Å². The Bertz CT molecular complexity index is 583. The maximum Gasteiger partial charge on any atom is 0.229 e. The van der Waals surface area contributed by atoms with E-state index in [1.807, 2.05) is 10.3 Å². The Balaban J connectivity index is 1.29. The van der Waals surface area contributed by atoms with Crippen LogP contribution in [0.3, 0.4) is 0 Å². The van der Waals surface area contributed by atoms with Gasteiger partial charge in [-0.3, -0.25) is 9.59 Å². The van der Waals surface area contributed by atoms with Gasteiger partial charge in [-0.1, -0.05) is 0 Å². The molecule has 0 spiro atoms. The predicted molar refractivity (Wildman–Crippen MR) is 86.0 cm³/mol. The molecule has 3 aliphatic rings. The van der Waals surface area contributed by atoms with Crippen LogP contribution in [0.25, 0.3) is 0 Å². The summed E-state index contributed by atoms with van der Waals surface area (Å²) in [5.74, 6) is 0.278. The Kier molecular flexibility index (Phi) is 4.07. The van der Waals surface area contributed by atoms with E-state index in [-0.39, 0.29) is 29.8 Å². The third kappa shape index (κ3) is 2.99. The van der Waals surface area contributed by atoms with Crippen molar-refractivity contribution in [2.75, 3.05) is 18.4 Å². The molecule has 0 unspecified atom stereocenters. The number of ether oxygens (including phenoxy) is 1. The van der Waals surface area contributed by atoms with Crippen LogP contribution < -0.4 is 5.32 Å². The highest BCUT2D eigenvalue weighted by atomic mass is 32.1. The molecular weight excluding hydrogens is 314 g/mol. The topological polar surface area (TPSA) is 71.5 Å². The summed E-state index contributed by atoms with van der Waals surface area (Å²) < 4.78 is 5.80. The van der Waals surface area contributed by atoms with Crippen molar-refractivity contribution < 1.29 is 14.3 Å². The summed E-state index contributed by atoms with van der Waals surface area (Å²) in [4.78, 5) is 30.9. The molecule has 4 heterocycles. The van der Waals surface area contributed by atoms with Crippen molar-refractivity contribution >= 4 is 28.3 Å². The van der Waals surface area contributed by atoms with Crippen LogP contribution in [0.5, 0.6) is 0 Å². The second-order valence-corrected chi connectivity index (χ2v) is 7.54. The monoisotopic (exact) mass is 335 g/mol. The van der Waals surface area contributed by atoms with Crippen molar-refractivity contribution in [3.05, 3.63) is 11.6 Å². The lowest BCUT2D eigenvalue weighted by molar-refractivity contribution is -0.139. The molecule has 3 fully saturated rings. The summed E-state index contributed by atoms with van der Waals surface area (Å²) in [5, 5.41) is 5.35. The van der Waals surface area contributed by atoms with E-state index in [1.165, 1.54) is 11.3 Å². The molecular formula is C16H21N3O3S. The van der Waals surface area contributed by atoms with Crippen molar-refractivity contribution in [2.45, 2.75) is 44.3 Å². The Morgan fingerprint density at radius 2 is 2.09 bits per heavy atom. The molecule has 0 radical (unpaired) electrons. The minimum Gasteiger partial charge on any atom is -0.374 e. The van der Waals surface area contributed by atoms with Crippen LogP contribution in [-0.2, 0) is 14.3 Å². The van der Waals surface area contributed by atoms with E-state index < -0.39 is 0 Å². The van der Waals surface area contributed by atoms with E-state index in [2.05, 4.69) is 10.3 Å². The molecule has 1 aromatic rings. The fourth-order valence-electron chi connectivity index (χ4n) is 3.99. The third-order valence-corrected chi connectivity index (χ3v) is 5.95. The lowest BCUT2D eigenvalue weighted by Crippen LogP contribution is -2.45. The Hall–Kier alpha value is -1.47. The van der Waals surface area contributed by atoms with Crippen molar-refractivity contribution in [1.82, 2.24) is 9.88 Å². The molecule has 2 amide bonds. The average Bonchev–Trinajstić information content (AvgIpc) is 3.32. The Morgan fingerprint density at radius 1 is 1.26 bits per heavy atom. The maximum absolute atomic E-state index is 12.7. The number of likely N-dealkylation sites (tertiary alicyclic amines) is 1. The third-order valence-electron chi connectivity index (χ3n) is 5.26. The van der Waals surface area contributed by atoms with Crippen molar-refractivity contribution in [3.63, 3.8) is 0 Å². The zero-order valence-corrected chi connectivity index (χ0v) is 13.8. The second kappa shape index (κ2) is 6.20. The van der Waals surface area contributed by atoms with Crippen molar-refractivity contribution in [1.29, 1.82) is 0 Å². The first kappa shape index (κ1) is 15.1. The van der Waals surface area contributed by atoms with E-state index in [0.717, 1.165) is 32.1 Å². The zero-order chi connectivity index (χ0) is 15.8. The van der Waals surface area contributed by atoms with Gasteiger partial charge in [-0.25, -0.2) is 4.98 Å². The lowest BCUT2D eigenvalue weighted by atomic mass is 9.87. The second-order valence-electron chi connectivity index (χ2n) is 6.64. The highest BCUT2D eigenvalue weighted by molar-refractivity contribution is 7.13. The number of hydrogen-bond acceptors (Lipinski definition) is 5. The van der Waals surface area contributed by atoms with Crippen LogP contribution in [0.1, 0.15) is 32.1 Å². The van der Waals surface area contributed by atoms with E-state index >= 15 is 0 Å². The molecule has 4 rings (SSSR count). The summed E-state index contributed by atoms with van der Waals surface area (Å²) in [5.41, 5.74) is 0. The normalized spacial score (nSPS) is 30.6. The van der Waals surface area contributed by atoms with Crippen molar-refractivity contribution in [2.24, 2.45) is 11.8 Å². The smallest absolute Gasteiger partial charge is 0.229 e. The van der Waals surface area contributed by atoms with Gasteiger partial charge in [0.2, 0.25) is 11.8 Å². The van der Waals surface area contributed by atoms with E-state index in [4.69, 9.17) is 4.74 Å². The van der Waals surface area contributed by atoms with Crippen LogP contribution in [0.4, 0.5) is 5.13 Å². The molecule has 23 heavy (non-hydrogen) atoms. The summed E-state index contributed by atoms with van der Waals surface area (Å²) in [7, 11) is 0. The number of fused-ring (bicyclic) bond motifs is 2. The molecule has 1 N–H and O–H groups in total. The first-order chi connectivity index (χ1) is 11.2. The van der Waals surface area contributed by atoms with Crippen LogP contribution >= 0.6 is 11.3 Å². The van der Waals surface area contributed by atoms with Gasteiger partial charge in [0.05, 0.1) is 18.1 Å². The summed E-state index contributed by atoms with van der Waals surface area (Å²) in [6, 6.07) is 0. The summed E-state index contributed by atoms with van der Waals surface area (Å²) in [6.45, 7) is 1.34. The summed E-state index contributed by atoms with van der Waals surface area (Å²) >= 11 is 1.42. The molecule has 6 nitrogen and oxygen atoms in total. The molecule has 1 aromatic heterocycles. The number of nitrogens with zero attached hydrogens (tertiary/aromatic N) is 2. The van der Waals surface area contributed by atoms with Gasteiger partial charge in [-0.05, 0) is 32.1 Å². The lowest BCUT2D eigenvalue weighted by Gasteiger charge is -2.34. The number of amides is 2. The fourth-order valence-corrected chi connectivity index (χ4v) is 4.52. The van der Waals surface area contributed by atoms with Crippen LogP contribution in [0, 0.1) is 11.8 Å². The van der Waals surface area contributed by atoms with Crippen LogP contribution in [-0.4, -0.2) is 47.0 Å². The zero-order valence-electron chi connectivity index (χ0n) is 12.9. The number of piperidine rings is 1. The number of aromatic nitrogens is 1. The Labute approximate surface area is 139 Å². The van der Waals surface area contributed by atoms with Gasteiger partial charge in [0.1, 0.15) is 0 Å². The number of carbonyl (C=O) groups is 2. The van der Waals surface area contributed by atoms with Gasteiger partial charge >= 0.3 is 0 Å². The fraction of sp³-hybridized carbons (Fsp3) is 0.688. The minimum absolute atomic E-state index is 0.0234. The first-order valence-corrected chi connectivity index (χ1v) is 9.23. The van der Waals surface area contributed by atoms with Crippen molar-refractivity contribution in [3.8, 4) is 0 Å². The van der Waals surface area contributed by atoms with Gasteiger partial charge in [-0.2, -0.15) is 0 Å². The highest BCUT2D eigenvalue weighted by Crippen LogP contribution is 2.40. The van der Waals surface area contributed by atoms with Gasteiger partial charge in [0.15, 0.2) is 5.13 Å². The minimum atomic E-state index is -0.0285. The Morgan fingerprint density at radius 3 is 2.70 bits per heavy atom. The van der Waals surface area contributed by atoms with Gasteiger partial charge in [0, 0.05) is 30.6 Å². The van der Waals surface area contributed by atoms with Gasteiger partial charge < -0.3 is 15.0 Å². The molecule has 3 saturated heterocycles. The predicted octanol–water partition coefficient (Wildman–Crippen LogP) is 1.89.